The Bertz CT molecular complexity index is 581. The van der Waals surface area contributed by atoms with Gasteiger partial charge in [0.15, 0.2) is 0 Å². The van der Waals surface area contributed by atoms with Crippen molar-refractivity contribution in [3.8, 4) is 0 Å². The van der Waals surface area contributed by atoms with Crippen LogP contribution in [0.1, 0.15) is 18.0 Å². The van der Waals surface area contributed by atoms with E-state index in [1.165, 1.54) is 0 Å². The number of nitrogens with one attached hydrogen (secondary N) is 2. The van der Waals surface area contributed by atoms with E-state index in [1.807, 2.05) is 35.8 Å². The van der Waals surface area contributed by atoms with Crippen LogP contribution in [0.5, 0.6) is 0 Å². The molecule has 0 aliphatic heterocycles. The van der Waals surface area contributed by atoms with Crippen molar-refractivity contribution in [2.75, 3.05) is 5.32 Å². The predicted octanol–water partition coefficient (Wildman–Crippen LogP) is 3.19. The molecule has 0 saturated heterocycles. The minimum atomic E-state index is 0.163. The average Bonchev–Trinajstić information content (AvgIpc) is 2.97. The Morgan fingerprint density at radius 2 is 2.24 bits per heavy atom. The van der Waals surface area contributed by atoms with Crippen LogP contribution in [-0.2, 0) is 0 Å². The zero-order valence-electron chi connectivity index (χ0n) is 9.34. The van der Waals surface area contributed by atoms with E-state index >= 15 is 0 Å². The summed E-state index contributed by atoms with van der Waals surface area (Å²) < 4.78 is 0. The molecule has 0 aliphatic carbocycles. The molecule has 0 fully saturated rings. The van der Waals surface area contributed by atoms with Gasteiger partial charge in [0.05, 0.1) is 17.1 Å². The molecule has 1 unspecified atom stereocenters. The molecule has 5 heteroatoms. The number of para-hydroxylation sites is 2. The number of H-pyrrole nitrogens is 1. The van der Waals surface area contributed by atoms with Crippen molar-refractivity contribution in [2.24, 2.45) is 0 Å². The third kappa shape index (κ3) is 2.01. The Morgan fingerprint density at radius 1 is 1.35 bits per heavy atom. The summed E-state index contributed by atoms with van der Waals surface area (Å²) in [5.41, 5.74) is 2.02. The number of hydrogen-bond acceptors (Lipinski definition) is 4. The van der Waals surface area contributed by atoms with Gasteiger partial charge >= 0.3 is 0 Å². The van der Waals surface area contributed by atoms with E-state index in [1.54, 1.807) is 11.3 Å². The maximum absolute atomic E-state index is 4.47. The smallest absolute Gasteiger partial charge is 0.201 e. The highest BCUT2D eigenvalue weighted by Gasteiger charge is 2.09. The summed E-state index contributed by atoms with van der Waals surface area (Å²) in [6.07, 6.45) is 1.82. The molecule has 0 amide bonds. The molecule has 1 atom stereocenters. The summed E-state index contributed by atoms with van der Waals surface area (Å²) >= 11 is 1.64. The minimum absolute atomic E-state index is 0.163. The maximum Gasteiger partial charge on any atom is 0.201 e. The molecule has 0 saturated carbocycles. The van der Waals surface area contributed by atoms with E-state index < -0.39 is 0 Å². The summed E-state index contributed by atoms with van der Waals surface area (Å²) in [5, 5.41) is 6.35. The van der Waals surface area contributed by atoms with Crippen LogP contribution in [-0.4, -0.2) is 15.0 Å². The Hall–Kier alpha value is -1.88. The summed E-state index contributed by atoms with van der Waals surface area (Å²) in [5.74, 6) is 0.786. The Kier molecular flexibility index (Phi) is 2.53. The normalized spacial score (nSPS) is 12.8. The number of fused-ring (bicyclic) bond motifs is 1. The second kappa shape index (κ2) is 4.18. The van der Waals surface area contributed by atoms with Crippen LogP contribution < -0.4 is 5.32 Å². The van der Waals surface area contributed by atoms with Gasteiger partial charge in [-0.15, -0.1) is 11.3 Å². The molecule has 2 aromatic heterocycles. The number of hydrogen-bond donors (Lipinski definition) is 2. The lowest BCUT2D eigenvalue weighted by Crippen LogP contribution is -2.07. The molecule has 4 nitrogen and oxygen atoms in total. The Balaban J connectivity index is 1.85. The lowest BCUT2D eigenvalue weighted by Gasteiger charge is -2.08. The summed E-state index contributed by atoms with van der Waals surface area (Å²) in [4.78, 5) is 12.0. The van der Waals surface area contributed by atoms with Crippen LogP contribution in [0.4, 0.5) is 5.95 Å². The second-order valence-electron chi connectivity index (χ2n) is 3.84. The fraction of sp³-hybridized carbons (Fsp3) is 0.167. The minimum Gasteiger partial charge on any atom is -0.347 e. The van der Waals surface area contributed by atoms with Gasteiger partial charge in [0.1, 0.15) is 5.01 Å². The van der Waals surface area contributed by atoms with Gasteiger partial charge in [0, 0.05) is 11.6 Å². The standard InChI is InChI=1S/C12H12N4S/c1-8(11-13-6-7-17-11)14-12-15-9-4-2-3-5-10(9)16-12/h2-8H,1H3,(H2,14,15,16). The number of anilines is 1. The van der Waals surface area contributed by atoms with Gasteiger partial charge in [-0.05, 0) is 19.1 Å². The lowest BCUT2D eigenvalue weighted by molar-refractivity contribution is 0.855. The molecule has 0 radical (unpaired) electrons. The number of imidazole rings is 1. The van der Waals surface area contributed by atoms with Gasteiger partial charge in [-0.3, -0.25) is 0 Å². The summed E-state index contributed by atoms with van der Waals surface area (Å²) in [6, 6.07) is 8.15. The second-order valence-corrected chi connectivity index (χ2v) is 4.77. The van der Waals surface area contributed by atoms with Crippen molar-refractivity contribution in [1.29, 1.82) is 0 Å². The summed E-state index contributed by atoms with van der Waals surface area (Å²) in [6.45, 7) is 2.08. The molecule has 3 rings (SSSR count). The Morgan fingerprint density at radius 3 is 3.00 bits per heavy atom. The molecular weight excluding hydrogens is 232 g/mol. The summed E-state index contributed by atoms with van der Waals surface area (Å²) in [7, 11) is 0. The fourth-order valence-electron chi connectivity index (χ4n) is 1.74. The predicted molar refractivity (Wildman–Crippen MR) is 70.2 cm³/mol. The SMILES string of the molecule is CC(Nc1nc2ccccc2[nH]1)c1nccs1. The number of aromatic nitrogens is 3. The largest absolute Gasteiger partial charge is 0.347 e. The van der Waals surface area contributed by atoms with E-state index in [4.69, 9.17) is 0 Å². The van der Waals surface area contributed by atoms with E-state index in [2.05, 4.69) is 27.2 Å². The molecule has 2 N–H and O–H groups in total. The molecule has 2 heterocycles. The number of rotatable bonds is 3. The molecular formula is C12H12N4S. The van der Waals surface area contributed by atoms with Crippen LogP contribution in [0.15, 0.2) is 35.8 Å². The van der Waals surface area contributed by atoms with Crippen molar-refractivity contribution in [1.82, 2.24) is 15.0 Å². The average molecular weight is 244 g/mol. The van der Waals surface area contributed by atoms with Gasteiger partial charge in [-0.25, -0.2) is 9.97 Å². The quantitative estimate of drug-likeness (QED) is 0.744. The number of thiazole rings is 1. The van der Waals surface area contributed by atoms with E-state index in [9.17, 15) is 0 Å². The molecule has 0 bridgehead atoms. The van der Waals surface area contributed by atoms with Crippen molar-refractivity contribution < 1.29 is 0 Å². The van der Waals surface area contributed by atoms with Gasteiger partial charge < -0.3 is 10.3 Å². The van der Waals surface area contributed by atoms with E-state index in [0.29, 0.717) is 0 Å². The molecule has 0 aliphatic rings. The van der Waals surface area contributed by atoms with E-state index in [0.717, 1.165) is 22.0 Å². The molecule has 17 heavy (non-hydrogen) atoms. The van der Waals surface area contributed by atoms with Gasteiger partial charge in [-0.2, -0.15) is 0 Å². The molecule has 3 aromatic rings. The van der Waals surface area contributed by atoms with Crippen molar-refractivity contribution in [3.05, 3.63) is 40.8 Å². The third-order valence-corrected chi connectivity index (χ3v) is 3.52. The topological polar surface area (TPSA) is 53.6 Å². The Labute approximate surface area is 103 Å². The van der Waals surface area contributed by atoms with Crippen molar-refractivity contribution in [3.63, 3.8) is 0 Å². The van der Waals surface area contributed by atoms with Crippen LogP contribution in [0.25, 0.3) is 11.0 Å². The first-order chi connectivity index (χ1) is 8.33. The lowest BCUT2D eigenvalue weighted by atomic mass is 10.3. The first-order valence-corrected chi connectivity index (χ1v) is 6.31. The first kappa shape index (κ1) is 10.3. The first-order valence-electron chi connectivity index (χ1n) is 5.43. The monoisotopic (exact) mass is 244 g/mol. The van der Waals surface area contributed by atoms with Crippen LogP contribution in [0.3, 0.4) is 0 Å². The highest BCUT2D eigenvalue weighted by atomic mass is 32.1. The zero-order chi connectivity index (χ0) is 11.7. The highest BCUT2D eigenvalue weighted by molar-refractivity contribution is 7.09. The van der Waals surface area contributed by atoms with Crippen LogP contribution in [0.2, 0.25) is 0 Å². The number of nitrogens with zero attached hydrogens (tertiary/aromatic N) is 2. The maximum atomic E-state index is 4.47. The van der Waals surface area contributed by atoms with Gasteiger partial charge in [0.25, 0.3) is 0 Å². The van der Waals surface area contributed by atoms with Crippen LogP contribution >= 0.6 is 11.3 Å². The zero-order valence-corrected chi connectivity index (χ0v) is 10.2. The van der Waals surface area contributed by atoms with Gasteiger partial charge in [0.2, 0.25) is 5.95 Å². The van der Waals surface area contributed by atoms with E-state index in [-0.39, 0.29) is 6.04 Å². The highest BCUT2D eigenvalue weighted by Crippen LogP contribution is 2.21. The molecule has 0 spiro atoms. The number of benzene rings is 1. The fourth-order valence-corrected chi connectivity index (χ4v) is 2.38. The van der Waals surface area contributed by atoms with Crippen molar-refractivity contribution >= 4 is 28.3 Å². The van der Waals surface area contributed by atoms with Crippen molar-refractivity contribution in [2.45, 2.75) is 13.0 Å². The van der Waals surface area contributed by atoms with Crippen LogP contribution in [0, 0.1) is 0 Å². The number of aromatic amines is 1. The molecule has 1 aromatic carbocycles. The van der Waals surface area contributed by atoms with Gasteiger partial charge in [-0.1, -0.05) is 12.1 Å². The molecule has 86 valence electrons. The third-order valence-electron chi connectivity index (χ3n) is 2.56.